The van der Waals surface area contributed by atoms with E-state index in [1.54, 1.807) is 10.9 Å². The molecular weight excluding hydrogens is 288 g/mol. The fourth-order valence-electron chi connectivity index (χ4n) is 2.77. The zero-order valence-electron chi connectivity index (χ0n) is 12.1. The highest BCUT2D eigenvalue weighted by Gasteiger charge is 2.22. The van der Waals surface area contributed by atoms with Crippen LogP contribution in [-0.2, 0) is 7.05 Å². The second kappa shape index (κ2) is 6.48. The number of nitrogens with zero attached hydrogens (tertiary/aromatic N) is 5. The molecule has 3 rings (SSSR count). The molecule has 0 amide bonds. The van der Waals surface area contributed by atoms with Crippen LogP contribution >= 0.6 is 11.5 Å². The van der Waals surface area contributed by atoms with Crippen LogP contribution in [-0.4, -0.2) is 35.8 Å². The number of hydrogen-bond acceptors (Lipinski definition) is 7. The summed E-state index contributed by atoms with van der Waals surface area (Å²) in [6, 6.07) is -0.315. The summed E-state index contributed by atoms with van der Waals surface area (Å²) in [5.74, 6) is 2.12. The summed E-state index contributed by atoms with van der Waals surface area (Å²) < 4.78 is 6.26. The first-order valence-electron chi connectivity index (χ1n) is 7.33. The molecular formula is C13H20N6OS. The molecule has 0 radical (unpaired) electrons. The van der Waals surface area contributed by atoms with Crippen LogP contribution in [0, 0.1) is 0 Å². The van der Waals surface area contributed by atoms with E-state index in [0.29, 0.717) is 11.7 Å². The van der Waals surface area contributed by atoms with Crippen molar-refractivity contribution in [3.8, 4) is 0 Å². The molecule has 1 aliphatic rings. The van der Waals surface area contributed by atoms with Crippen LogP contribution in [0.5, 0.6) is 0 Å². The van der Waals surface area contributed by atoms with Crippen LogP contribution in [0.2, 0.25) is 0 Å². The quantitative estimate of drug-likeness (QED) is 0.876. The summed E-state index contributed by atoms with van der Waals surface area (Å²) in [6.07, 6.45) is 7.85. The third-order valence-corrected chi connectivity index (χ3v) is 4.61. The van der Waals surface area contributed by atoms with Gasteiger partial charge in [0, 0.05) is 24.5 Å². The zero-order chi connectivity index (χ0) is 14.7. The Kier molecular flexibility index (Phi) is 4.45. The summed E-state index contributed by atoms with van der Waals surface area (Å²) >= 11 is 1.35. The van der Waals surface area contributed by atoms with E-state index >= 15 is 0 Å². The number of aromatic nitrogens is 5. The Bertz CT molecular complexity index is 577. The summed E-state index contributed by atoms with van der Waals surface area (Å²) in [5, 5.41) is 21.4. The first-order valence-corrected chi connectivity index (χ1v) is 8.10. The third kappa shape index (κ3) is 3.21. The minimum atomic E-state index is -0.315. The van der Waals surface area contributed by atoms with Crippen LogP contribution in [0.1, 0.15) is 55.7 Å². The SMILES string of the molecule is Cn1cnnc1[C@@H](CO)Nc1nc(C2CCCCC2)ns1. The van der Waals surface area contributed by atoms with Crippen molar-refractivity contribution in [3.05, 3.63) is 18.0 Å². The van der Waals surface area contributed by atoms with E-state index in [2.05, 4.69) is 24.9 Å². The molecule has 1 saturated carbocycles. The maximum absolute atomic E-state index is 9.55. The van der Waals surface area contributed by atoms with Crippen molar-refractivity contribution in [2.24, 2.45) is 7.05 Å². The Labute approximate surface area is 127 Å². The van der Waals surface area contributed by atoms with Crippen LogP contribution in [0.15, 0.2) is 6.33 Å². The van der Waals surface area contributed by atoms with Crippen LogP contribution in [0.3, 0.4) is 0 Å². The Balaban J connectivity index is 1.69. The molecule has 1 atom stereocenters. The molecule has 1 fully saturated rings. The molecule has 7 nitrogen and oxygen atoms in total. The van der Waals surface area contributed by atoms with Gasteiger partial charge in [0.15, 0.2) is 5.82 Å². The summed E-state index contributed by atoms with van der Waals surface area (Å²) in [6.45, 7) is -0.0646. The van der Waals surface area contributed by atoms with E-state index in [0.717, 1.165) is 11.0 Å². The summed E-state index contributed by atoms with van der Waals surface area (Å²) in [4.78, 5) is 4.59. The van der Waals surface area contributed by atoms with Gasteiger partial charge >= 0.3 is 0 Å². The van der Waals surface area contributed by atoms with Crippen molar-refractivity contribution < 1.29 is 5.11 Å². The molecule has 0 bridgehead atoms. The van der Waals surface area contributed by atoms with Crippen molar-refractivity contribution in [3.63, 3.8) is 0 Å². The maximum atomic E-state index is 9.55. The van der Waals surface area contributed by atoms with Gasteiger partial charge in [-0.15, -0.1) is 10.2 Å². The van der Waals surface area contributed by atoms with Gasteiger partial charge in [-0.05, 0) is 12.8 Å². The molecule has 114 valence electrons. The topological polar surface area (TPSA) is 88.8 Å². The standard InChI is InChI=1S/C13H20N6OS/c1-19-8-14-17-12(19)10(7-20)15-13-16-11(18-21-13)9-5-3-2-4-6-9/h8-10,20H,2-7H2,1H3,(H,15,16,18)/t10-/m1/s1. The largest absolute Gasteiger partial charge is 0.394 e. The average molecular weight is 308 g/mol. The van der Waals surface area contributed by atoms with Gasteiger partial charge in [0.1, 0.15) is 18.2 Å². The van der Waals surface area contributed by atoms with E-state index in [1.807, 2.05) is 7.05 Å². The first-order chi connectivity index (χ1) is 10.3. The smallest absolute Gasteiger partial charge is 0.203 e. The van der Waals surface area contributed by atoms with Gasteiger partial charge in [-0.2, -0.15) is 4.37 Å². The van der Waals surface area contributed by atoms with Gasteiger partial charge in [0.2, 0.25) is 5.13 Å². The highest BCUT2D eigenvalue weighted by atomic mass is 32.1. The molecule has 8 heteroatoms. The molecule has 0 aliphatic heterocycles. The van der Waals surface area contributed by atoms with Gasteiger partial charge in [-0.1, -0.05) is 19.3 Å². The molecule has 2 N–H and O–H groups in total. The lowest BCUT2D eigenvalue weighted by molar-refractivity contribution is 0.270. The van der Waals surface area contributed by atoms with E-state index in [-0.39, 0.29) is 12.6 Å². The fourth-order valence-corrected chi connectivity index (χ4v) is 3.47. The van der Waals surface area contributed by atoms with E-state index < -0.39 is 0 Å². The lowest BCUT2D eigenvalue weighted by Gasteiger charge is -2.18. The molecule has 2 aromatic rings. The second-order valence-corrected chi connectivity index (χ2v) is 6.22. The minimum Gasteiger partial charge on any atom is -0.394 e. The monoisotopic (exact) mass is 308 g/mol. The average Bonchev–Trinajstić information content (AvgIpc) is 3.15. The van der Waals surface area contributed by atoms with Gasteiger partial charge in [0.05, 0.1) is 6.61 Å². The second-order valence-electron chi connectivity index (χ2n) is 5.47. The van der Waals surface area contributed by atoms with Gasteiger partial charge in [-0.3, -0.25) is 0 Å². The number of rotatable bonds is 5. The lowest BCUT2D eigenvalue weighted by Crippen LogP contribution is -2.19. The lowest BCUT2D eigenvalue weighted by atomic mass is 9.89. The Morgan fingerprint density at radius 1 is 1.43 bits per heavy atom. The number of aliphatic hydroxyl groups excluding tert-OH is 1. The van der Waals surface area contributed by atoms with Gasteiger partial charge in [-0.25, -0.2) is 4.98 Å². The van der Waals surface area contributed by atoms with Crippen molar-refractivity contribution in [2.45, 2.75) is 44.1 Å². The van der Waals surface area contributed by atoms with E-state index in [4.69, 9.17) is 0 Å². The molecule has 0 saturated heterocycles. The predicted octanol–water partition coefficient (Wildman–Crippen LogP) is 1.86. The highest BCUT2D eigenvalue weighted by Crippen LogP contribution is 2.32. The number of aliphatic hydroxyl groups is 1. The molecule has 2 heterocycles. The van der Waals surface area contributed by atoms with E-state index in [1.165, 1.54) is 43.6 Å². The third-order valence-electron chi connectivity index (χ3n) is 3.95. The van der Waals surface area contributed by atoms with Crippen LogP contribution in [0.25, 0.3) is 0 Å². The first kappa shape index (κ1) is 14.4. The Hall–Kier alpha value is -1.54. The van der Waals surface area contributed by atoms with Crippen LogP contribution in [0.4, 0.5) is 5.13 Å². The fraction of sp³-hybridized carbons (Fsp3) is 0.692. The van der Waals surface area contributed by atoms with Crippen molar-refractivity contribution in [1.29, 1.82) is 0 Å². The normalized spacial score (nSPS) is 17.8. The minimum absolute atomic E-state index is 0.0646. The number of aryl methyl sites for hydroxylation is 1. The number of anilines is 1. The van der Waals surface area contributed by atoms with Crippen molar-refractivity contribution in [1.82, 2.24) is 24.1 Å². The van der Waals surface area contributed by atoms with Crippen LogP contribution < -0.4 is 5.32 Å². The maximum Gasteiger partial charge on any atom is 0.203 e. The van der Waals surface area contributed by atoms with Crippen molar-refractivity contribution in [2.75, 3.05) is 11.9 Å². The number of hydrogen-bond donors (Lipinski definition) is 2. The zero-order valence-corrected chi connectivity index (χ0v) is 12.9. The molecule has 0 aromatic carbocycles. The molecule has 21 heavy (non-hydrogen) atoms. The Morgan fingerprint density at radius 3 is 2.90 bits per heavy atom. The Morgan fingerprint density at radius 2 is 2.24 bits per heavy atom. The summed E-state index contributed by atoms with van der Waals surface area (Å²) in [7, 11) is 1.85. The molecule has 0 spiro atoms. The highest BCUT2D eigenvalue weighted by molar-refractivity contribution is 7.09. The van der Waals surface area contributed by atoms with Gasteiger partial charge in [0.25, 0.3) is 0 Å². The van der Waals surface area contributed by atoms with Gasteiger partial charge < -0.3 is 15.0 Å². The van der Waals surface area contributed by atoms with E-state index in [9.17, 15) is 5.11 Å². The summed E-state index contributed by atoms with van der Waals surface area (Å²) in [5.41, 5.74) is 0. The number of nitrogens with one attached hydrogen (secondary N) is 1. The van der Waals surface area contributed by atoms with Crippen molar-refractivity contribution >= 4 is 16.7 Å². The molecule has 2 aromatic heterocycles. The molecule has 0 unspecified atom stereocenters. The molecule has 1 aliphatic carbocycles. The predicted molar refractivity (Wildman–Crippen MR) is 80.2 cm³/mol.